The van der Waals surface area contributed by atoms with Crippen LogP contribution < -0.4 is 17.4 Å². The van der Waals surface area contributed by atoms with Crippen molar-refractivity contribution in [2.45, 2.75) is 6.04 Å². The van der Waals surface area contributed by atoms with Crippen molar-refractivity contribution in [1.29, 1.82) is 0 Å². The highest BCUT2D eigenvalue weighted by atomic mass is 16.7. The molecule has 1 unspecified atom stereocenters. The smallest absolute Gasteiger partial charge is 0.351 e. The maximum absolute atomic E-state index is 10.2. The van der Waals surface area contributed by atoms with Gasteiger partial charge in [0, 0.05) is 0 Å². The molecule has 0 rings (SSSR count). The van der Waals surface area contributed by atoms with E-state index in [0.717, 1.165) is 0 Å². The summed E-state index contributed by atoms with van der Waals surface area (Å²) in [6.45, 7) is 0. The Morgan fingerprint density at radius 2 is 1.89 bits per heavy atom. The van der Waals surface area contributed by atoms with Crippen LogP contribution in [0.4, 0.5) is 0 Å². The highest BCUT2D eigenvalue weighted by molar-refractivity contribution is 6.00. The Labute approximate surface area is 50.9 Å². The lowest BCUT2D eigenvalue weighted by molar-refractivity contribution is -0.148. The SMILES string of the molecule is NOC(=O)C(N)C(N)=O. The first-order chi connectivity index (χ1) is 4.09. The predicted octanol–water partition coefficient (Wildman–Crippen LogP) is -2.78. The lowest BCUT2D eigenvalue weighted by atomic mass is 10.3. The molecule has 0 aromatic carbocycles. The van der Waals surface area contributed by atoms with Crippen LogP contribution >= 0.6 is 0 Å². The fourth-order valence-electron chi connectivity index (χ4n) is 0.189. The molecule has 52 valence electrons. The molecule has 6 N–H and O–H groups in total. The van der Waals surface area contributed by atoms with Gasteiger partial charge in [0.15, 0.2) is 6.04 Å². The summed E-state index contributed by atoms with van der Waals surface area (Å²) in [7, 11) is 0. The quantitative estimate of drug-likeness (QED) is 0.278. The van der Waals surface area contributed by atoms with E-state index in [1.807, 2.05) is 0 Å². The molecule has 0 saturated heterocycles. The zero-order chi connectivity index (χ0) is 7.44. The molecule has 0 aliphatic rings. The number of primary amides is 1. The highest BCUT2D eigenvalue weighted by Gasteiger charge is 2.19. The molecule has 0 aliphatic heterocycles. The fourth-order valence-corrected chi connectivity index (χ4v) is 0.189. The summed E-state index contributed by atoms with van der Waals surface area (Å²) in [5.41, 5.74) is 9.43. The molecule has 1 amide bonds. The minimum absolute atomic E-state index is 0.967. The molecule has 9 heavy (non-hydrogen) atoms. The molecule has 0 spiro atoms. The lowest BCUT2D eigenvalue weighted by Crippen LogP contribution is -2.44. The molecular formula is C3H7N3O3. The summed E-state index contributed by atoms with van der Waals surface area (Å²) >= 11 is 0. The number of rotatable bonds is 2. The lowest BCUT2D eigenvalue weighted by Gasteiger charge is -2.01. The average Bonchev–Trinajstić information content (AvgIpc) is 1.84. The van der Waals surface area contributed by atoms with Crippen molar-refractivity contribution in [3.8, 4) is 0 Å². The van der Waals surface area contributed by atoms with Gasteiger partial charge >= 0.3 is 5.97 Å². The number of hydrogen-bond acceptors (Lipinski definition) is 5. The first-order valence-electron chi connectivity index (χ1n) is 2.05. The summed E-state index contributed by atoms with van der Waals surface area (Å²) in [6.07, 6.45) is 0. The van der Waals surface area contributed by atoms with E-state index in [9.17, 15) is 9.59 Å². The van der Waals surface area contributed by atoms with Gasteiger partial charge < -0.3 is 16.3 Å². The van der Waals surface area contributed by atoms with Crippen molar-refractivity contribution in [3.05, 3.63) is 0 Å². The molecule has 1 atom stereocenters. The van der Waals surface area contributed by atoms with E-state index in [1.54, 1.807) is 0 Å². The number of carbonyl (C=O) groups excluding carboxylic acids is 2. The summed E-state index contributed by atoms with van der Waals surface area (Å²) in [5, 5.41) is 0. The molecule has 6 heteroatoms. The first kappa shape index (κ1) is 7.86. The van der Waals surface area contributed by atoms with E-state index in [4.69, 9.17) is 5.73 Å². The average molecular weight is 133 g/mol. The minimum Gasteiger partial charge on any atom is -0.372 e. The van der Waals surface area contributed by atoms with Gasteiger partial charge in [-0.3, -0.25) is 4.79 Å². The van der Waals surface area contributed by atoms with Gasteiger partial charge in [-0.1, -0.05) is 0 Å². The standard InChI is InChI=1S/C3H7N3O3/c4-1(2(5)7)3(8)9-6/h1H,4,6H2,(H2,5,7). The Kier molecular flexibility index (Phi) is 2.62. The minimum atomic E-state index is -1.46. The highest BCUT2D eigenvalue weighted by Crippen LogP contribution is 1.77. The maximum Gasteiger partial charge on any atom is 0.351 e. The van der Waals surface area contributed by atoms with Crippen LogP contribution in [0.2, 0.25) is 0 Å². The van der Waals surface area contributed by atoms with Crippen LogP contribution in [0.15, 0.2) is 0 Å². The van der Waals surface area contributed by atoms with Crippen molar-refractivity contribution in [2.24, 2.45) is 17.4 Å². The van der Waals surface area contributed by atoms with Crippen LogP contribution in [0, 0.1) is 0 Å². The Morgan fingerprint density at radius 1 is 1.44 bits per heavy atom. The van der Waals surface area contributed by atoms with E-state index < -0.39 is 17.9 Å². The van der Waals surface area contributed by atoms with Gasteiger partial charge in [-0.15, -0.1) is 0 Å². The zero-order valence-corrected chi connectivity index (χ0v) is 4.53. The third-order valence-corrected chi connectivity index (χ3v) is 0.677. The Morgan fingerprint density at radius 3 is 2.00 bits per heavy atom. The third-order valence-electron chi connectivity index (χ3n) is 0.677. The van der Waals surface area contributed by atoms with Gasteiger partial charge in [0.05, 0.1) is 0 Å². The van der Waals surface area contributed by atoms with Crippen molar-refractivity contribution < 1.29 is 14.4 Å². The van der Waals surface area contributed by atoms with E-state index >= 15 is 0 Å². The van der Waals surface area contributed by atoms with Crippen LogP contribution in [-0.4, -0.2) is 17.9 Å². The van der Waals surface area contributed by atoms with Gasteiger partial charge in [0.2, 0.25) is 5.91 Å². The van der Waals surface area contributed by atoms with E-state index in [-0.39, 0.29) is 0 Å². The Balaban J connectivity index is 3.88. The maximum atomic E-state index is 10.2. The van der Waals surface area contributed by atoms with E-state index in [1.165, 1.54) is 0 Å². The molecule has 0 aliphatic carbocycles. The molecule has 0 bridgehead atoms. The predicted molar refractivity (Wildman–Crippen MR) is 27.4 cm³/mol. The van der Waals surface area contributed by atoms with Crippen LogP contribution in [0.5, 0.6) is 0 Å². The Hall–Kier alpha value is -1.14. The first-order valence-corrected chi connectivity index (χ1v) is 2.05. The van der Waals surface area contributed by atoms with Gasteiger partial charge in [0.1, 0.15) is 0 Å². The number of carbonyl (C=O) groups is 2. The van der Waals surface area contributed by atoms with Gasteiger partial charge in [-0.25, -0.2) is 4.79 Å². The van der Waals surface area contributed by atoms with Crippen LogP contribution in [0.1, 0.15) is 0 Å². The van der Waals surface area contributed by atoms with Crippen molar-refractivity contribution in [2.75, 3.05) is 0 Å². The van der Waals surface area contributed by atoms with Crippen molar-refractivity contribution in [3.63, 3.8) is 0 Å². The largest absolute Gasteiger partial charge is 0.372 e. The van der Waals surface area contributed by atoms with Gasteiger partial charge in [-0.05, 0) is 0 Å². The third kappa shape index (κ3) is 2.06. The van der Waals surface area contributed by atoms with Gasteiger partial charge in [-0.2, -0.15) is 5.90 Å². The number of nitrogens with two attached hydrogens (primary N) is 3. The molecular weight excluding hydrogens is 126 g/mol. The van der Waals surface area contributed by atoms with Crippen molar-refractivity contribution in [1.82, 2.24) is 0 Å². The summed E-state index contributed by atoms with van der Waals surface area (Å²) in [4.78, 5) is 23.8. The number of hydrogen-bond donors (Lipinski definition) is 3. The molecule has 0 radical (unpaired) electrons. The van der Waals surface area contributed by atoms with E-state index in [2.05, 4.69) is 16.5 Å². The van der Waals surface area contributed by atoms with Crippen LogP contribution in [-0.2, 0) is 14.4 Å². The van der Waals surface area contributed by atoms with E-state index in [0.29, 0.717) is 0 Å². The molecule has 0 fully saturated rings. The summed E-state index contributed by atoms with van der Waals surface area (Å²) < 4.78 is 0. The Bertz CT molecular complexity index is 134. The zero-order valence-electron chi connectivity index (χ0n) is 4.53. The molecule has 0 heterocycles. The second-order valence-electron chi connectivity index (χ2n) is 1.32. The second kappa shape index (κ2) is 3.00. The monoisotopic (exact) mass is 133 g/mol. The second-order valence-corrected chi connectivity index (χ2v) is 1.32. The van der Waals surface area contributed by atoms with Crippen LogP contribution in [0.3, 0.4) is 0 Å². The summed E-state index contributed by atoms with van der Waals surface area (Å²) in [6, 6.07) is -1.46. The molecule has 0 aromatic heterocycles. The van der Waals surface area contributed by atoms with Crippen LogP contribution in [0.25, 0.3) is 0 Å². The summed E-state index contributed by atoms with van der Waals surface area (Å²) in [5.74, 6) is 2.37. The molecule has 0 saturated carbocycles. The topological polar surface area (TPSA) is 121 Å². The molecule has 6 nitrogen and oxygen atoms in total. The normalized spacial score (nSPS) is 12.2. The molecule has 0 aromatic rings. The fraction of sp³-hybridized carbons (Fsp3) is 0.333. The van der Waals surface area contributed by atoms with Crippen molar-refractivity contribution >= 4 is 11.9 Å². The van der Waals surface area contributed by atoms with Gasteiger partial charge in [0.25, 0.3) is 0 Å². The number of amides is 1.